The van der Waals surface area contributed by atoms with Crippen molar-refractivity contribution < 1.29 is 9.53 Å². The molecule has 2 aliphatic rings. The SMILES string of the molecule is O=C1COc2ccc(CNCC3CCCC3)cc2N1. The van der Waals surface area contributed by atoms with Crippen molar-refractivity contribution in [3.8, 4) is 5.75 Å². The third-order valence-corrected chi connectivity index (χ3v) is 3.91. The molecular formula is C15H20N2O2. The van der Waals surface area contributed by atoms with Gasteiger partial charge in [-0.05, 0) is 43.0 Å². The van der Waals surface area contributed by atoms with Crippen molar-refractivity contribution in [2.45, 2.75) is 32.2 Å². The predicted octanol–water partition coefficient (Wildman–Crippen LogP) is 2.30. The molecule has 1 heterocycles. The molecule has 1 amide bonds. The van der Waals surface area contributed by atoms with Gasteiger partial charge in [-0.2, -0.15) is 0 Å². The molecule has 0 radical (unpaired) electrons. The Morgan fingerprint density at radius 1 is 1.32 bits per heavy atom. The van der Waals surface area contributed by atoms with Gasteiger partial charge in [-0.25, -0.2) is 0 Å². The minimum atomic E-state index is -0.0800. The van der Waals surface area contributed by atoms with Crippen LogP contribution < -0.4 is 15.4 Å². The Morgan fingerprint density at radius 2 is 2.16 bits per heavy atom. The van der Waals surface area contributed by atoms with Gasteiger partial charge >= 0.3 is 0 Å². The highest BCUT2D eigenvalue weighted by atomic mass is 16.5. The van der Waals surface area contributed by atoms with Crippen LogP contribution in [0.3, 0.4) is 0 Å². The first kappa shape index (κ1) is 12.5. The molecular weight excluding hydrogens is 240 g/mol. The average molecular weight is 260 g/mol. The van der Waals surface area contributed by atoms with Gasteiger partial charge in [-0.3, -0.25) is 4.79 Å². The molecule has 0 bridgehead atoms. The predicted molar refractivity (Wildman–Crippen MR) is 74.2 cm³/mol. The van der Waals surface area contributed by atoms with Crippen LogP contribution in [0.4, 0.5) is 5.69 Å². The van der Waals surface area contributed by atoms with E-state index in [1.54, 1.807) is 0 Å². The third-order valence-electron chi connectivity index (χ3n) is 3.91. The van der Waals surface area contributed by atoms with Crippen LogP contribution in [-0.4, -0.2) is 19.1 Å². The summed E-state index contributed by atoms with van der Waals surface area (Å²) >= 11 is 0. The summed E-state index contributed by atoms with van der Waals surface area (Å²) in [6.45, 7) is 2.06. The molecule has 102 valence electrons. The standard InChI is InChI=1S/C15H20N2O2/c18-15-10-19-14-6-5-12(7-13(14)17-15)9-16-8-11-3-1-2-4-11/h5-7,11,16H,1-4,8-10H2,(H,17,18). The fourth-order valence-corrected chi connectivity index (χ4v) is 2.88. The van der Waals surface area contributed by atoms with Gasteiger partial charge in [0.1, 0.15) is 5.75 Å². The lowest BCUT2D eigenvalue weighted by molar-refractivity contribution is -0.118. The van der Waals surface area contributed by atoms with Crippen molar-refractivity contribution >= 4 is 11.6 Å². The van der Waals surface area contributed by atoms with Crippen LogP contribution >= 0.6 is 0 Å². The minimum absolute atomic E-state index is 0.0800. The number of benzene rings is 1. The van der Waals surface area contributed by atoms with E-state index in [1.165, 1.54) is 31.2 Å². The monoisotopic (exact) mass is 260 g/mol. The number of carbonyl (C=O) groups is 1. The lowest BCUT2D eigenvalue weighted by Gasteiger charge is -2.19. The molecule has 1 fully saturated rings. The molecule has 1 aromatic carbocycles. The summed E-state index contributed by atoms with van der Waals surface area (Å²) in [5.74, 6) is 1.53. The first-order valence-corrected chi connectivity index (χ1v) is 7.07. The van der Waals surface area contributed by atoms with Gasteiger partial charge in [0, 0.05) is 6.54 Å². The van der Waals surface area contributed by atoms with E-state index < -0.39 is 0 Å². The van der Waals surface area contributed by atoms with E-state index in [4.69, 9.17) is 4.74 Å². The van der Waals surface area contributed by atoms with Crippen molar-refractivity contribution in [2.24, 2.45) is 5.92 Å². The second-order valence-corrected chi connectivity index (χ2v) is 5.45. The van der Waals surface area contributed by atoms with E-state index in [-0.39, 0.29) is 12.5 Å². The highest BCUT2D eigenvalue weighted by molar-refractivity contribution is 5.95. The van der Waals surface area contributed by atoms with E-state index in [0.29, 0.717) is 0 Å². The molecule has 1 aliphatic heterocycles. The molecule has 19 heavy (non-hydrogen) atoms. The summed E-state index contributed by atoms with van der Waals surface area (Å²) < 4.78 is 5.34. The maximum atomic E-state index is 11.3. The van der Waals surface area contributed by atoms with Gasteiger partial charge in [0.25, 0.3) is 5.91 Å². The normalized spacial score (nSPS) is 18.8. The van der Waals surface area contributed by atoms with Crippen LogP contribution in [0, 0.1) is 5.92 Å². The van der Waals surface area contributed by atoms with Crippen LogP contribution in [-0.2, 0) is 11.3 Å². The molecule has 0 atom stereocenters. The number of amides is 1. The maximum Gasteiger partial charge on any atom is 0.262 e. The van der Waals surface area contributed by atoms with Gasteiger partial charge in [0.05, 0.1) is 5.69 Å². The van der Waals surface area contributed by atoms with Crippen molar-refractivity contribution in [2.75, 3.05) is 18.5 Å². The molecule has 2 N–H and O–H groups in total. The second-order valence-electron chi connectivity index (χ2n) is 5.45. The summed E-state index contributed by atoms with van der Waals surface area (Å²) in [6.07, 6.45) is 5.49. The minimum Gasteiger partial charge on any atom is -0.482 e. The van der Waals surface area contributed by atoms with Crippen molar-refractivity contribution in [1.82, 2.24) is 5.32 Å². The molecule has 0 aromatic heterocycles. The zero-order valence-electron chi connectivity index (χ0n) is 11.1. The Labute approximate surface area is 113 Å². The van der Waals surface area contributed by atoms with Crippen LogP contribution in [0.5, 0.6) is 5.75 Å². The number of hydrogen-bond acceptors (Lipinski definition) is 3. The lowest BCUT2D eigenvalue weighted by atomic mass is 10.1. The van der Waals surface area contributed by atoms with Crippen LogP contribution in [0.25, 0.3) is 0 Å². The molecule has 1 aromatic rings. The van der Waals surface area contributed by atoms with Gasteiger partial charge < -0.3 is 15.4 Å². The van der Waals surface area contributed by atoms with Gasteiger partial charge in [0.15, 0.2) is 6.61 Å². The number of hydrogen-bond donors (Lipinski definition) is 2. The molecule has 1 aliphatic carbocycles. The largest absolute Gasteiger partial charge is 0.482 e. The maximum absolute atomic E-state index is 11.3. The fourth-order valence-electron chi connectivity index (χ4n) is 2.88. The van der Waals surface area contributed by atoms with E-state index in [0.717, 1.165) is 30.4 Å². The zero-order chi connectivity index (χ0) is 13.1. The average Bonchev–Trinajstić information content (AvgIpc) is 2.91. The van der Waals surface area contributed by atoms with Crippen LogP contribution in [0.1, 0.15) is 31.2 Å². The van der Waals surface area contributed by atoms with Crippen LogP contribution in [0.15, 0.2) is 18.2 Å². The van der Waals surface area contributed by atoms with Crippen molar-refractivity contribution in [3.05, 3.63) is 23.8 Å². The molecule has 4 nitrogen and oxygen atoms in total. The van der Waals surface area contributed by atoms with Gasteiger partial charge in [-0.1, -0.05) is 18.9 Å². The summed E-state index contributed by atoms with van der Waals surface area (Å²) in [4.78, 5) is 11.3. The Bertz CT molecular complexity index is 467. The molecule has 4 heteroatoms. The van der Waals surface area contributed by atoms with Crippen molar-refractivity contribution in [3.63, 3.8) is 0 Å². The van der Waals surface area contributed by atoms with E-state index in [9.17, 15) is 4.79 Å². The van der Waals surface area contributed by atoms with Crippen LogP contribution in [0.2, 0.25) is 0 Å². The molecule has 0 unspecified atom stereocenters. The summed E-state index contributed by atoms with van der Waals surface area (Å²) in [7, 11) is 0. The number of nitrogens with one attached hydrogen (secondary N) is 2. The summed E-state index contributed by atoms with van der Waals surface area (Å²) in [5, 5.41) is 6.35. The molecule has 3 rings (SSSR count). The Kier molecular flexibility index (Phi) is 3.69. The van der Waals surface area contributed by atoms with E-state index in [2.05, 4.69) is 16.7 Å². The number of ether oxygens (including phenoxy) is 1. The number of anilines is 1. The fraction of sp³-hybridized carbons (Fsp3) is 0.533. The lowest BCUT2D eigenvalue weighted by Crippen LogP contribution is -2.26. The van der Waals surface area contributed by atoms with E-state index in [1.807, 2.05) is 12.1 Å². The van der Waals surface area contributed by atoms with E-state index >= 15 is 0 Å². The second kappa shape index (κ2) is 5.61. The number of fused-ring (bicyclic) bond motifs is 1. The first-order chi connectivity index (χ1) is 9.31. The summed E-state index contributed by atoms with van der Waals surface area (Å²) in [6, 6.07) is 5.98. The quantitative estimate of drug-likeness (QED) is 0.873. The first-order valence-electron chi connectivity index (χ1n) is 7.07. The highest BCUT2D eigenvalue weighted by Gasteiger charge is 2.16. The highest BCUT2D eigenvalue weighted by Crippen LogP contribution is 2.28. The topological polar surface area (TPSA) is 50.4 Å². The third kappa shape index (κ3) is 3.07. The Morgan fingerprint density at radius 3 is 3.00 bits per heavy atom. The summed E-state index contributed by atoms with van der Waals surface area (Å²) in [5.41, 5.74) is 1.97. The molecule has 0 saturated heterocycles. The smallest absolute Gasteiger partial charge is 0.262 e. The Hall–Kier alpha value is -1.55. The number of rotatable bonds is 4. The van der Waals surface area contributed by atoms with Gasteiger partial charge in [0.2, 0.25) is 0 Å². The molecule has 1 saturated carbocycles. The Balaban J connectivity index is 1.56. The number of carbonyl (C=O) groups excluding carboxylic acids is 1. The van der Waals surface area contributed by atoms with Crippen molar-refractivity contribution in [1.29, 1.82) is 0 Å². The zero-order valence-corrected chi connectivity index (χ0v) is 11.1. The molecule has 0 spiro atoms. The van der Waals surface area contributed by atoms with Gasteiger partial charge in [-0.15, -0.1) is 0 Å².